The molecule has 0 bridgehead atoms. The standard InChI is InChI=1S/C27H21N9O/c37-27(16-2-1-3-16)32-18-8-17(10-29-11-18)21-9-19-22(14-31-21)35-36-25(19)26-33-23-13-30-12-20(24(23)34-26)15-4-6-28-7-5-15/h4-14,16H,1-3H2,(H,32,37)(H,33,34)(H,35,36). The Balaban J connectivity index is 1.26. The van der Waals surface area contributed by atoms with E-state index in [9.17, 15) is 4.79 Å². The van der Waals surface area contributed by atoms with Crippen LogP contribution in [0.4, 0.5) is 5.69 Å². The lowest BCUT2D eigenvalue weighted by Gasteiger charge is -2.24. The maximum absolute atomic E-state index is 12.4. The Morgan fingerprint density at radius 3 is 2.62 bits per heavy atom. The van der Waals surface area contributed by atoms with Gasteiger partial charge in [0, 0.05) is 47.2 Å². The van der Waals surface area contributed by atoms with Gasteiger partial charge in [0.1, 0.15) is 5.69 Å². The van der Waals surface area contributed by atoms with Crippen LogP contribution in [-0.2, 0) is 4.79 Å². The van der Waals surface area contributed by atoms with E-state index in [2.05, 4.69) is 40.4 Å². The first-order valence-corrected chi connectivity index (χ1v) is 12.1. The summed E-state index contributed by atoms with van der Waals surface area (Å²) in [5.74, 6) is 0.780. The van der Waals surface area contributed by atoms with Gasteiger partial charge in [0.2, 0.25) is 5.91 Å². The smallest absolute Gasteiger partial charge is 0.227 e. The fourth-order valence-electron chi connectivity index (χ4n) is 4.61. The van der Waals surface area contributed by atoms with Crippen molar-refractivity contribution in [2.75, 3.05) is 5.32 Å². The van der Waals surface area contributed by atoms with Crippen LogP contribution >= 0.6 is 0 Å². The summed E-state index contributed by atoms with van der Waals surface area (Å²) in [6, 6.07) is 7.72. The van der Waals surface area contributed by atoms with Crippen molar-refractivity contribution in [3.8, 4) is 33.9 Å². The summed E-state index contributed by atoms with van der Waals surface area (Å²) >= 11 is 0. The van der Waals surface area contributed by atoms with Gasteiger partial charge in [-0.1, -0.05) is 6.42 Å². The highest BCUT2D eigenvalue weighted by atomic mass is 16.1. The van der Waals surface area contributed by atoms with Gasteiger partial charge in [-0.2, -0.15) is 5.10 Å². The second-order valence-corrected chi connectivity index (χ2v) is 9.17. The first-order valence-electron chi connectivity index (χ1n) is 12.1. The van der Waals surface area contributed by atoms with Crippen molar-refractivity contribution in [2.45, 2.75) is 19.3 Å². The van der Waals surface area contributed by atoms with E-state index >= 15 is 0 Å². The molecular formula is C27H21N9O. The Kier molecular flexibility index (Phi) is 4.95. The number of anilines is 1. The molecule has 0 aliphatic heterocycles. The van der Waals surface area contributed by atoms with Crippen molar-refractivity contribution in [3.63, 3.8) is 0 Å². The van der Waals surface area contributed by atoms with Gasteiger partial charge in [-0.15, -0.1) is 0 Å². The number of hydrogen-bond acceptors (Lipinski definition) is 7. The van der Waals surface area contributed by atoms with E-state index in [1.807, 2.05) is 24.3 Å². The highest BCUT2D eigenvalue weighted by Gasteiger charge is 2.25. The molecule has 7 rings (SSSR count). The average Bonchev–Trinajstić information content (AvgIpc) is 3.52. The molecule has 1 amide bonds. The van der Waals surface area contributed by atoms with Gasteiger partial charge >= 0.3 is 0 Å². The SMILES string of the molecule is O=C(Nc1cncc(-c2cc3c(-c4nc5c(-c6ccncc6)cncc5[nH]4)n[nH]c3cn2)c1)C1CCC1. The molecule has 0 aromatic carbocycles. The molecule has 0 atom stereocenters. The fourth-order valence-corrected chi connectivity index (χ4v) is 4.61. The van der Waals surface area contributed by atoms with Crippen LogP contribution in [0.3, 0.4) is 0 Å². The number of nitrogens with zero attached hydrogens (tertiary/aromatic N) is 6. The van der Waals surface area contributed by atoms with Crippen molar-refractivity contribution >= 4 is 33.5 Å². The zero-order valence-corrected chi connectivity index (χ0v) is 19.6. The van der Waals surface area contributed by atoms with Gasteiger partial charge in [0.25, 0.3) is 0 Å². The zero-order chi connectivity index (χ0) is 24.8. The molecule has 0 saturated heterocycles. The highest BCUT2D eigenvalue weighted by molar-refractivity contribution is 5.97. The van der Waals surface area contributed by atoms with Gasteiger partial charge < -0.3 is 10.3 Å². The van der Waals surface area contributed by atoms with E-state index < -0.39 is 0 Å². The van der Waals surface area contributed by atoms with Gasteiger partial charge in [-0.05, 0) is 42.7 Å². The largest absolute Gasteiger partial charge is 0.335 e. The third-order valence-corrected chi connectivity index (χ3v) is 6.83. The van der Waals surface area contributed by atoms with Crippen LogP contribution in [0.2, 0.25) is 0 Å². The summed E-state index contributed by atoms with van der Waals surface area (Å²) in [4.78, 5) is 38.0. The second-order valence-electron chi connectivity index (χ2n) is 9.17. The van der Waals surface area contributed by atoms with Crippen LogP contribution in [0, 0.1) is 5.92 Å². The topological polar surface area (TPSA) is 138 Å². The molecule has 0 spiro atoms. The Morgan fingerprint density at radius 1 is 0.919 bits per heavy atom. The number of pyridine rings is 4. The average molecular weight is 488 g/mol. The Hall–Kier alpha value is -4.99. The minimum atomic E-state index is 0.0521. The van der Waals surface area contributed by atoms with Crippen molar-refractivity contribution < 1.29 is 4.79 Å². The molecule has 0 radical (unpaired) electrons. The summed E-state index contributed by atoms with van der Waals surface area (Å²) in [5, 5.41) is 11.4. The number of carbonyl (C=O) groups excluding carboxylic acids is 1. The molecule has 37 heavy (non-hydrogen) atoms. The molecule has 6 heterocycles. The molecule has 3 N–H and O–H groups in total. The van der Waals surface area contributed by atoms with Crippen molar-refractivity contribution in [3.05, 3.63) is 67.6 Å². The van der Waals surface area contributed by atoms with Gasteiger partial charge in [-0.3, -0.25) is 29.8 Å². The number of rotatable bonds is 5. The molecule has 1 aliphatic carbocycles. The minimum Gasteiger partial charge on any atom is -0.335 e. The normalized spacial score (nSPS) is 13.6. The van der Waals surface area contributed by atoms with E-state index in [1.165, 1.54) is 0 Å². The molecule has 180 valence electrons. The first-order chi connectivity index (χ1) is 18.2. The third-order valence-electron chi connectivity index (χ3n) is 6.83. The Labute approximate surface area is 210 Å². The summed E-state index contributed by atoms with van der Waals surface area (Å²) in [7, 11) is 0. The highest BCUT2D eigenvalue weighted by Crippen LogP contribution is 2.32. The van der Waals surface area contributed by atoms with Crippen LogP contribution in [0.5, 0.6) is 0 Å². The molecule has 0 unspecified atom stereocenters. The summed E-state index contributed by atoms with van der Waals surface area (Å²) in [5.41, 5.74) is 7.17. The fraction of sp³-hybridized carbons (Fsp3) is 0.148. The quantitative estimate of drug-likeness (QED) is 0.319. The molecule has 1 saturated carbocycles. The third kappa shape index (κ3) is 3.79. The number of fused-ring (bicyclic) bond motifs is 2. The minimum absolute atomic E-state index is 0.0521. The monoisotopic (exact) mass is 487 g/mol. The summed E-state index contributed by atoms with van der Waals surface area (Å²) < 4.78 is 0. The number of nitrogens with one attached hydrogen (secondary N) is 3. The van der Waals surface area contributed by atoms with Crippen molar-refractivity contribution in [1.82, 2.24) is 40.1 Å². The number of aromatic nitrogens is 8. The maximum atomic E-state index is 12.4. The van der Waals surface area contributed by atoms with Crippen LogP contribution in [0.25, 0.3) is 55.8 Å². The van der Waals surface area contributed by atoms with E-state index in [4.69, 9.17) is 4.98 Å². The summed E-state index contributed by atoms with van der Waals surface area (Å²) in [6.07, 6.45) is 15.2. The zero-order valence-electron chi connectivity index (χ0n) is 19.6. The van der Waals surface area contributed by atoms with E-state index in [0.717, 1.165) is 63.6 Å². The molecular weight excluding hydrogens is 466 g/mol. The van der Waals surface area contributed by atoms with E-state index in [-0.39, 0.29) is 11.8 Å². The van der Waals surface area contributed by atoms with Crippen LogP contribution in [0.15, 0.2) is 67.6 Å². The first kappa shape index (κ1) is 21.3. The van der Waals surface area contributed by atoms with Crippen LogP contribution < -0.4 is 5.32 Å². The number of amides is 1. The lowest BCUT2D eigenvalue weighted by atomic mass is 9.85. The molecule has 10 nitrogen and oxygen atoms in total. The lowest BCUT2D eigenvalue weighted by molar-refractivity contribution is -0.122. The molecule has 6 aromatic rings. The number of carbonyl (C=O) groups is 1. The van der Waals surface area contributed by atoms with Crippen LogP contribution in [-0.4, -0.2) is 46.0 Å². The lowest BCUT2D eigenvalue weighted by Crippen LogP contribution is -2.28. The number of H-pyrrole nitrogens is 2. The number of aromatic amines is 2. The van der Waals surface area contributed by atoms with E-state index in [1.54, 1.807) is 43.4 Å². The van der Waals surface area contributed by atoms with Crippen molar-refractivity contribution in [1.29, 1.82) is 0 Å². The predicted octanol–water partition coefficient (Wildman–Crippen LogP) is 4.76. The second kappa shape index (κ2) is 8.59. The van der Waals surface area contributed by atoms with Gasteiger partial charge in [0.05, 0.1) is 46.5 Å². The molecule has 1 fully saturated rings. The van der Waals surface area contributed by atoms with Crippen LogP contribution in [0.1, 0.15) is 19.3 Å². The Bertz CT molecular complexity index is 1770. The number of hydrogen-bond donors (Lipinski definition) is 3. The molecule has 10 heteroatoms. The Morgan fingerprint density at radius 2 is 1.78 bits per heavy atom. The molecule has 6 aromatic heterocycles. The van der Waals surface area contributed by atoms with Gasteiger partial charge in [-0.25, -0.2) is 4.98 Å². The predicted molar refractivity (Wildman–Crippen MR) is 139 cm³/mol. The number of imidazole rings is 1. The van der Waals surface area contributed by atoms with E-state index in [0.29, 0.717) is 17.2 Å². The van der Waals surface area contributed by atoms with Gasteiger partial charge in [0.15, 0.2) is 5.82 Å². The van der Waals surface area contributed by atoms with Crippen molar-refractivity contribution in [2.24, 2.45) is 5.92 Å². The molecule has 1 aliphatic rings. The maximum Gasteiger partial charge on any atom is 0.227 e. The summed E-state index contributed by atoms with van der Waals surface area (Å²) in [6.45, 7) is 0.